The Bertz CT molecular complexity index is 6700. The maximum atomic E-state index is 15.3. The monoisotopic (exact) mass is 1850 g/mol. The number of methoxy groups -OCH3 is 3. The van der Waals surface area contributed by atoms with Gasteiger partial charge in [0.05, 0.1) is 90.8 Å². The van der Waals surface area contributed by atoms with Crippen LogP contribution in [-0.4, -0.2) is 87.7 Å². The average molecular weight is 1860 g/mol. The molecule has 4 N–H and O–H groups in total. The molecule has 0 bridgehead atoms. The molecule has 0 fully saturated rings. The van der Waals surface area contributed by atoms with Gasteiger partial charge in [-0.05, 0) is 161 Å². The number of anilines is 3. The molecule has 15 rings (SSSR count). The predicted molar refractivity (Wildman–Crippen MR) is 436 cm³/mol. The second kappa shape index (κ2) is 37.4. The van der Waals surface area contributed by atoms with E-state index in [9.17, 15) is 83.5 Å². The fourth-order valence-corrected chi connectivity index (χ4v) is 15.3. The zero-order valence-corrected chi connectivity index (χ0v) is 67.7. The summed E-state index contributed by atoms with van der Waals surface area (Å²) in [7, 11) is -8.12. The van der Waals surface area contributed by atoms with Gasteiger partial charge in [0.2, 0.25) is 0 Å². The van der Waals surface area contributed by atoms with Gasteiger partial charge in [-0.2, -0.15) is 49.4 Å². The maximum absolute atomic E-state index is 15.3. The molecule has 6 heterocycles. The lowest BCUT2D eigenvalue weighted by Crippen LogP contribution is -2.19. The third kappa shape index (κ3) is 20.8. The molecule has 0 aliphatic heterocycles. The number of hydrogen-bond donors (Lipinski definition) is 4. The van der Waals surface area contributed by atoms with Gasteiger partial charge in [0.1, 0.15) is 59.2 Å². The van der Waals surface area contributed by atoms with Crippen molar-refractivity contribution >= 4 is 106 Å². The van der Waals surface area contributed by atoms with Crippen LogP contribution in [0.4, 0.5) is 70.1 Å². The van der Waals surface area contributed by atoms with Gasteiger partial charge in [0.15, 0.2) is 24.2 Å². The SMILES string of the molecule is C.COc1cc(-c2cccc(C(F)(F)F)c2)c(F)cc1-n1c(=O)ccc2cc(S(=O)(=O)Nc3ccon3)ccc21.COc1cc(-c2cccc(C(F)(F)F)c2)c(F)cc1-n1c(=O)ccc2cc(S(=O)(=O)Nc3ccon3)ccc21.COc1cc(Br)c(F)cc1-n1c(=O)ccc2cc(S(=O)(=O)Nc3ccon3)ccc21.OCOc1cccc(C(F)(F)F)c1.P. The summed E-state index contributed by atoms with van der Waals surface area (Å²) < 4.78 is 282. The number of pyridine rings is 3. The molecule has 1 unspecified atom stereocenters. The molecule has 0 spiro atoms. The molecule has 0 amide bonds. The van der Waals surface area contributed by atoms with Gasteiger partial charge < -0.3 is 37.6 Å². The van der Waals surface area contributed by atoms with Crippen molar-refractivity contribution in [3.05, 3.63) is 307 Å². The minimum Gasteiger partial charge on any atom is -0.495 e. The Hall–Kier alpha value is -13.3. The number of nitrogens with one attached hydrogen (secondary N) is 3. The molecule has 642 valence electrons. The van der Waals surface area contributed by atoms with Crippen molar-refractivity contribution in [3.8, 4) is 62.3 Å². The van der Waals surface area contributed by atoms with Crippen molar-refractivity contribution < 1.29 is 116 Å². The Kier molecular flexibility index (Phi) is 28.0. The Morgan fingerprint density at radius 2 is 0.724 bits per heavy atom. The van der Waals surface area contributed by atoms with Crippen molar-refractivity contribution in [2.24, 2.45) is 0 Å². The van der Waals surface area contributed by atoms with Gasteiger partial charge in [-0.3, -0.25) is 42.3 Å². The highest BCUT2D eigenvalue weighted by molar-refractivity contribution is 9.10. The molecular formula is C80H61BrF12N9O17PS3. The van der Waals surface area contributed by atoms with E-state index >= 15 is 8.78 Å². The predicted octanol–water partition coefficient (Wildman–Crippen LogP) is 17.6. The Balaban J connectivity index is 0.000000180. The van der Waals surface area contributed by atoms with Gasteiger partial charge in [-0.25, -0.2) is 38.4 Å². The fourth-order valence-electron chi connectivity index (χ4n) is 11.9. The van der Waals surface area contributed by atoms with Crippen LogP contribution in [0.1, 0.15) is 24.1 Å². The van der Waals surface area contributed by atoms with Gasteiger partial charge in [0, 0.05) is 81.9 Å². The summed E-state index contributed by atoms with van der Waals surface area (Å²) in [6.45, 7) is -0.638. The molecule has 0 saturated carbocycles. The summed E-state index contributed by atoms with van der Waals surface area (Å²) in [5.74, 6) is -2.12. The molecule has 123 heavy (non-hydrogen) atoms. The summed E-state index contributed by atoms with van der Waals surface area (Å²) in [5, 5.41) is 19.9. The van der Waals surface area contributed by atoms with E-state index in [1.54, 1.807) is 0 Å². The molecular weight excluding hydrogens is 1790 g/mol. The van der Waals surface area contributed by atoms with Gasteiger partial charge in [-0.15, -0.1) is 0 Å². The number of aliphatic hydroxyl groups is 1. The van der Waals surface area contributed by atoms with Crippen LogP contribution in [0.3, 0.4) is 0 Å². The number of hydrogen-bond acceptors (Lipinski definition) is 20. The molecule has 6 aromatic heterocycles. The number of sulfonamides is 3. The molecule has 0 saturated heterocycles. The topological polar surface area (TPSA) is 340 Å². The number of ether oxygens (including phenoxy) is 4. The van der Waals surface area contributed by atoms with Crippen LogP contribution in [-0.2, 0) is 48.6 Å². The molecule has 0 aliphatic rings. The highest BCUT2D eigenvalue weighted by Gasteiger charge is 2.34. The zero-order chi connectivity index (χ0) is 87.3. The van der Waals surface area contributed by atoms with Crippen LogP contribution >= 0.6 is 25.8 Å². The van der Waals surface area contributed by atoms with Crippen LogP contribution in [0.5, 0.6) is 23.0 Å². The minimum atomic E-state index is -4.62. The van der Waals surface area contributed by atoms with E-state index in [-0.39, 0.29) is 127 Å². The maximum Gasteiger partial charge on any atom is 0.416 e. The van der Waals surface area contributed by atoms with Crippen LogP contribution < -0.4 is 49.8 Å². The third-order valence-corrected chi connectivity index (χ3v) is 22.1. The molecule has 0 aliphatic carbocycles. The number of alkyl halides is 9. The quantitative estimate of drug-likeness (QED) is 0.0332. The zero-order valence-electron chi connectivity index (χ0n) is 62.2. The average Bonchev–Trinajstić information content (AvgIpc) is 0.793. The molecule has 1 atom stereocenters. The van der Waals surface area contributed by atoms with E-state index in [2.05, 4.69) is 63.9 Å². The Morgan fingerprint density at radius 1 is 0.407 bits per heavy atom. The van der Waals surface area contributed by atoms with Crippen LogP contribution in [0, 0.1) is 17.5 Å². The minimum absolute atomic E-state index is 0. The first kappa shape index (κ1) is 92.0. The van der Waals surface area contributed by atoms with Crippen molar-refractivity contribution in [2.45, 2.75) is 40.6 Å². The van der Waals surface area contributed by atoms with Crippen molar-refractivity contribution in [3.63, 3.8) is 0 Å². The first-order valence-corrected chi connectivity index (χ1v) is 39.4. The number of aliphatic hydroxyl groups excluding tert-OH is 1. The summed E-state index contributed by atoms with van der Waals surface area (Å²) in [5.41, 5.74) is -3.72. The first-order chi connectivity index (χ1) is 57.3. The lowest BCUT2D eigenvalue weighted by molar-refractivity contribution is -0.138. The second-order valence-electron chi connectivity index (χ2n) is 25.1. The van der Waals surface area contributed by atoms with Crippen LogP contribution in [0.15, 0.2) is 284 Å². The van der Waals surface area contributed by atoms with E-state index in [0.29, 0.717) is 21.7 Å². The molecule has 9 aromatic carbocycles. The number of aromatic nitrogens is 6. The van der Waals surface area contributed by atoms with Crippen LogP contribution in [0.2, 0.25) is 0 Å². The number of nitrogens with zero attached hydrogens (tertiary/aromatic N) is 6. The molecule has 15 aromatic rings. The lowest BCUT2D eigenvalue weighted by Gasteiger charge is -2.17. The summed E-state index contributed by atoms with van der Waals surface area (Å²) >= 11 is 3.09. The normalized spacial score (nSPS) is 11.7. The van der Waals surface area contributed by atoms with E-state index in [1.807, 2.05) is 0 Å². The molecule has 26 nitrogen and oxygen atoms in total. The van der Waals surface area contributed by atoms with Gasteiger partial charge in [-0.1, -0.05) is 53.2 Å². The van der Waals surface area contributed by atoms with E-state index in [0.717, 1.165) is 69.8 Å². The van der Waals surface area contributed by atoms with Crippen molar-refractivity contribution in [1.29, 1.82) is 0 Å². The highest BCUT2D eigenvalue weighted by atomic mass is 79.9. The van der Waals surface area contributed by atoms with Crippen molar-refractivity contribution in [1.82, 2.24) is 29.2 Å². The smallest absolute Gasteiger partial charge is 0.416 e. The van der Waals surface area contributed by atoms with E-state index in [1.165, 1.54) is 202 Å². The largest absolute Gasteiger partial charge is 0.495 e. The second-order valence-corrected chi connectivity index (χ2v) is 31.0. The highest BCUT2D eigenvalue weighted by Crippen LogP contribution is 2.41. The van der Waals surface area contributed by atoms with Gasteiger partial charge >= 0.3 is 18.5 Å². The number of benzene rings is 9. The number of fused-ring (bicyclic) bond motifs is 3. The molecule has 43 heteroatoms. The van der Waals surface area contributed by atoms with Crippen molar-refractivity contribution in [2.75, 3.05) is 42.3 Å². The Labute approximate surface area is 699 Å². The lowest BCUT2D eigenvalue weighted by atomic mass is 10.0. The number of halogens is 13. The third-order valence-electron chi connectivity index (χ3n) is 17.4. The van der Waals surface area contributed by atoms with Crippen LogP contribution in [0.25, 0.3) is 72.0 Å². The molecule has 0 radical (unpaired) electrons. The Morgan fingerprint density at radius 3 is 1.03 bits per heavy atom. The summed E-state index contributed by atoms with van der Waals surface area (Å²) in [6, 6.07) is 43.6. The summed E-state index contributed by atoms with van der Waals surface area (Å²) in [6.07, 6.45) is -9.99. The van der Waals surface area contributed by atoms with Gasteiger partial charge in [0.25, 0.3) is 46.7 Å². The summed E-state index contributed by atoms with van der Waals surface area (Å²) in [4.78, 5) is 38.1. The fraction of sp³-hybridized carbons (Fsp3) is 0.100. The van der Waals surface area contributed by atoms with E-state index < -0.39 is 106 Å². The first-order valence-electron chi connectivity index (χ1n) is 34.1. The van der Waals surface area contributed by atoms with E-state index in [4.69, 9.17) is 19.3 Å². The standard InChI is InChI=1S/2C26H17F4N3O5S.C19H13BrFN3O5S.C8H7F3O2.CH4.H3P/c2*1-37-23-13-19(15-3-2-4-17(11-15)26(28,29)30)20(27)14-22(23)33-21-7-6-18(12-16(21)5-8-25(33)34)39(35,36)32-24-9-10-38-31-24;1-28-17-9-13(20)14(21)10-16(17)24-15-4-3-12(8-11(15)2-5-19(24)25)30(26,27)23-18-6-7-29-22-18;9-8(10,11)6-2-1-3-7(4-6)13-5-12;;/h2*2-14H,1H3,(H,31,32);2-10H,1H3,(H,22,23);1-4,12H,5H2;1H4;1H3. The number of rotatable bonds is 19.